The molecule has 0 saturated carbocycles. The van der Waals surface area contributed by atoms with Crippen LogP contribution in [0.15, 0.2) is 36.4 Å². The van der Waals surface area contributed by atoms with E-state index in [0.717, 1.165) is 36.4 Å². The SMILES string of the molecule is O=C1CCc2cc(OCCCN3CCCC3)ccc2N1c1ccc(F)c(F)c1. The number of ether oxygens (including phenoxy) is 1. The molecular formula is C22H24F2N2O2. The van der Waals surface area contributed by atoms with Gasteiger partial charge in [0, 0.05) is 19.0 Å². The lowest BCUT2D eigenvalue weighted by atomic mass is 10.00. The maximum atomic E-state index is 13.6. The van der Waals surface area contributed by atoms with Crippen molar-refractivity contribution in [1.82, 2.24) is 4.90 Å². The van der Waals surface area contributed by atoms with Gasteiger partial charge in [-0.3, -0.25) is 9.69 Å². The fourth-order valence-electron chi connectivity index (χ4n) is 3.95. The molecule has 0 aromatic heterocycles. The molecule has 4 nitrogen and oxygen atoms in total. The molecule has 2 aromatic carbocycles. The van der Waals surface area contributed by atoms with Crippen LogP contribution < -0.4 is 9.64 Å². The fourth-order valence-corrected chi connectivity index (χ4v) is 3.95. The van der Waals surface area contributed by atoms with Gasteiger partial charge in [0.25, 0.3) is 0 Å². The standard InChI is InChI=1S/C22H24F2N2O2/c23-19-7-5-17(15-20(19)24)26-21-8-6-18(14-16(21)4-9-22(26)27)28-13-3-12-25-10-1-2-11-25/h5-8,14-15H,1-4,9-13H2. The summed E-state index contributed by atoms with van der Waals surface area (Å²) in [6.45, 7) is 4.09. The summed E-state index contributed by atoms with van der Waals surface area (Å²) in [6, 6.07) is 9.14. The summed E-state index contributed by atoms with van der Waals surface area (Å²) in [7, 11) is 0. The first kappa shape index (κ1) is 18.9. The first-order valence-electron chi connectivity index (χ1n) is 9.88. The molecule has 0 spiro atoms. The molecule has 0 N–H and O–H groups in total. The van der Waals surface area contributed by atoms with Gasteiger partial charge in [-0.05, 0) is 74.7 Å². The van der Waals surface area contributed by atoms with E-state index < -0.39 is 11.6 Å². The lowest BCUT2D eigenvalue weighted by molar-refractivity contribution is -0.118. The minimum absolute atomic E-state index is 0.127. The summed E-state index contributed by atoms with van der Waals surface area (Å²) in [4.78, 5) is 16.4. The maximum Gasteiger partial charge on any atom is 0.231 e. The average Bonchev–Trinajstić information content (AvgIpc) is 3.21. The zero-order valence-electron chi connectivity index (χ0n) is 15.8. The van der Waals surface area contributed by atoms with Crippen LogP contribution in [-0.2, 0) is 11.2 Å². The van der Waals surface area contributed by atoms with Gasteiger partial charge in [0.15, 0.2) is 11.6 Å². The maximum absolute atomic E-state index is 13.6. The second-order valence-electron chi connectivity index (χ2n) is 7.37. The summed E-state index contributed by atoms with van der Waals surface area (Å²) in [5.74, 6) is -1.24. The zero-order chi connectivity index (χ0) is 19.5. The fraction of sp³-hybridized carbons (Fsp3) is 0.409. The molecule has 0 aliphatic carbocycles. The Bertz CT molecular complexity index is 866. The Balaban J connectivity index is 1.45. The van der Waals surface area contributed by atoms with Crippen molar-refractivity contribution in [2.75, 3.05) is 31.1 Å². The van der Waals surface area contributed by atoms with Crippen molar-refractivity contribution in [3.8, 4) is 5.75 Å². The molecule has 0 radical (unpaired) electrons. The second-order valence-corrected chi connectivity index (χ2v) is 7.37. The molecule has 6 heteroatoms. The Hall–Kier alpha value is -2.47. The van der Waals surface area contributed by atoms with Crippen LogP contribution in [0.3, 0.4) is 0 Å². The van der Waals surface area contributed by atoms with E-state index in [-0.39, 0.29) is 5.91 Å². The van der Waals surface area contributed by atoms with Crippen molar-refractivity contribution in [1.29, 1.82) is 0 Å². The number of hydrogen-bond donors (Lipinski definition) is 0. The lowest BCUT2D eigenvalue weighted by Crippen LogP contribution is -2.30. The van der Waals surface area contributed by atoms with Crippen LogP contribution in [0.4, 0.5) is 20.2 Å². The first-order chi connectivity index (χ1) is 13.6. The zero-order valence-corrected chi connectivity index (χ0v) is 15.8. The van der Waals surface area contributed by atoms with Gasteiger partial charge in [-0.15, -0.1) is 0 Å². The minimum atomic E-state index is -0.963. The summed E-state index contributed by atoms with van der Waals surface area (Å²) >= 11 is 0. The van der Waals surface area contributed by atoms with Crippen molar-refractivity contribution in [2.24, 2.45) is 0 Å². The van der Waals surface area contributed by atoms with Crippen molar-refractivity contribution in [2.45, 2.75) is 32.1 Å². The molecule has 0 bridgehead atoms. The van der Waals surface area contributed by atoms with E-state index >= 15 is 0 Å². The largest absolute Gasteiger partial charge is 0.494 e. The van der Waals surface area contributed by atoms with Crippen LogP contribution >= 0.6 is 0 Å². The number of amides is 1. The summed E-state index contributed by atoms with van der Waals surface area (Å²) in [5, 5.41) is 0. The van der Waals surface area contributed by atoms with Gasteiger partial charge >= 0.3 is 0 Å². The van der Waals surface area contributed by atoms with Gasteiger partial charge in [0.1, 0.15) is 5.75 Å². The number of nitrogens with zero attached hydrogens (tertiary/aromatic N) is 2. The van der Waals surface area contributed by atoms with E-state index in [9.17, 15) is 13.6 Å². The van der Waals surface area contributed by atoms with Crippen LogP contribution in [0, 0.1) is 11.6 Å². The predicted molar refractivity (Wildman–Crippen MR) is 104 cm³/mol. The number of carbonyl (C=O) groups excluding carboxylic acids is 1. The van der Waals surface area contributed by atoms with E-state index in [0.29, 0.717) is 30.8 Å². The van der Waals surface area contributed by atoms with Gasteiger partial charge in [0.2, 0.25) is 5.91 Å². The van der Waals surface area contributed by atoms with E-state index in [1.807, 2.05) is 18.2 Å². The van der Waals surface area contributed by atoms with Crippen LogP contribution in [-0.4, -0.2) is 37.0 Å². The lowest BCUT2D eigenvalue weighted by Gasteiger charge is -2.30. The van der Waals surface area contributed by atoms with Crippen LogP contribution in [0.25, 0.3) is 0 Å². The van der Waals surface area contributed by atoms with Gasteiger partial charge in [0.05, 0.1) is 18.0 Å². The smallest absolute Gasteiger partial charge is 0.231 e. The third-order valence-electron chi connectivity index (χ3n) is 5.40. The number of anilines is 2. The number of fused-ring (bicyclic) bond motifs is 1. The van der Waals surface area contributed by atoms with E-state index in [4.69, 9.17) is 4.74 Å². The Morgan fingerprint density at radius 2 is 1.79 bits per heavy atom. The quantitative estimate of drug-likeness (QED) is 0.688. The molecule has 4 rings (SSSR count). The number of aryl methyl sites for hydroxylation is 1. The van der Waals surface area contributed by atoms with Gasteiger partial charge in [-0.25, -0.2) is 8.78 Å². The summed E-state index contributed by atoms with van der Waals surface area (Å²) < 4.78 is 32.8. The number of carbonyl (C=O) groups is 1. The van der Waals surface area contributed by atoms with Gasteiger partial charge in [-0.1, -0.05) is 0 Å². The molecule has 1 amide bonds. The van der Waals surface area contributed by atoms with Crippen LogP contribution in [0.2, 0.25) is 0 Å². The monoisotopic (exact) mass is 386 g/mol. The van der Waals surface area contributed by atoms with Crippen LogP contribution in [0.1, 0.15) is 31.2 Å². The molecular weight excluding hydrogens is 362 g/mol. The molecule has 0 atom stereocenters. The van der Waals surface area contributed by atoms with E-state index in [1.54, 1.807) is 0 Å². The highest BCUT2D eigenvalue weighted by Crippen LogP contribution is 2.36. The van der Waals surface area contributed by atoms with Crippen molar-refractivity contribution < 1.29 is 18.3 Å². The molecule has 148 valence electrons. The van der Waals surface area contributed by atoms with E-state index in [1.165, 1.54) is 36.9 Å². The van der Waals surface area contributed by atoms with Gasteiger partial charge in [-0.2, -0.15) is 0 Å². The highest BCUT2D eigenvalue weighted by Gasteiger charge is 2.26. The Labute approximate surface area is 163 Å². The molecule has 2 heterocycles. The Morgan fingerprint density at radius 3 is 2.57 bits per heavy atom. The van der Waals surface area contributed by atoms with Gasteiger partial charge < -0.3 is 9.64 Å². The molecule has 2 aromatic rings. The number of halogens is 2. The van der Waals surface area contributed by atoms with Crippen molar-refractivity contribution in [3.05, 3.63) is 53.6 Å². The molecule has 0 unspecified atom stereocenters. The number of rotatable bonds is 6. The van der Waals surface area contributed by atoms with Crippen LogP contribution in [0.5, 0.6) is 5.75 Å². The highest BCUT2D eigenvalue weighted by atomic mass is 19.2. The van der Waals surface area contributed by atoms with Crippen molar-refractivity contribution in [3.63, 3.8) is 0 Å². The number of hydrogen-bond acceptors (Lipinski definition) is 3. The number of likely N-dealkylation sites (tertiary alicyclic amines) is 1. The van der Waals surface area contributed by atoms with E-state index in [2.05, 4.69) is 4.90 Å². The predicted octanol–water partition coefficient (Wildman–Crippen LogP) is 4.44. The molecule has 28 heavy (non-hydrogen) atoms. The molecule has 1 saturated heterocycles. The minimum Gasteiger partial charge on any atom is -0.494 e. The first-order valence-corrected chi connectivity index (χ1v) is 9.88. The number of benzene rings is 2. The molecule has 2 aliphatic rings. The molecule has 2 aliphatic heterocycles. The Kier molecular flexibility index (Phi) is 5.57. The normalized spacial score (nSPS) is 17.1. The summed E-state index contributed by atoms with van der Waals surface area (Å²) in [6.07, 6.45) is 4.50. The second kappa shape index (κ2) is 8.27. The third kappa shape index (κ3) is 4.02. The molecule has 1 fully saturated rings. The highest BCUT2D eigenvalue weighted by molar-refractivity contribution is 6.03. The summed E-state index contributed by atoms with van der Waals surface area (Å²) in [5.41, 5.74) is 2.01. The van der Waals surface area contributed by atoms with Crippen molar-refractivity contribution >= 4 is 17.3 Å². The average molecular weight is 386 g/mol. The third-order valence-corrected chi connectivity index (χ3v) is 5.40. The topological polar surface area (TPSA) is 32.8 Å². The Morgan fingerprint density at radius 1 is 0.964 bits per heavy atom.